The molecule has 1 aromatic heterocycles. The minimum absolute atomic E-state index is 0.0478. The first-order valence-electron chi connectivity index (χ1n) is 9.37. The van der Waals surface area contributed by atoms with Gasteiger partial charge in [-0.2, -0.15) is 0 Å². The standard InChI is InChI=1S/C22H25N3O2S/c1-4-27-18-9-7-17(8-10-18)24-22(28)23-12-11-16-13-19-14(2)5-6-15(3)20(19)25-21(16)26/h5-10,13H,4,11-12H2,1-3H3,(H,25,26)(H2,23,24,28). The van der Waals surface area contributed by atoms with Crippen molar-refractivity contribution in [2.75, 3.05) is 18.5 Å². The van der Waals surface area contributed by atoms with E-state index in [1.54, 1.807) is 0 Å². The van der Waals surface area contributed by atoms with Crippen LogP contribution in [0.3, 0.4) is 0 Å². The second kappa shape index (κ2) is 8.89. The molecule has 0 radical (unpaired) electrons. The molecule has 0 fully saturated rings. The Hall–Kier alpha value is -2.86. The Balaban J connectivity index is 1.60. The largest absolute Gasteiger partial charge is 0.494 e. The molecule has 0 spiro atoms. The number of thiocarbonyl (C=S) groups is 1. The zero-order chi connectivity index (χ0) is 20.1. The van der Waals surface area contributed by atoms with Crippen LogP contribution < -0.4 is 20.9 Å². The number of fused-ring (bicyclic) bond motifs is 1. The Kier molecular flexibility index (Phi) is 6.31. The Morgan fingerprint density at radius 3 is 2.54 bits per heavy atom. The maximum atomic E-state index is 12.4. The summed E-state index contributed by atoms with van der Waals surface area (Å²) in [5.74, 6) is 0.827. The molecule has 0 saturated heterocycles. The van der Waals surface area contributed by atoms with Gasteiger partial charge in [-0.1, -0.05) is 12.1 Å². The molecule has 3 N–H and O–H groups in total. The van der Waals surface area contributed by atoms with E-state index in [0.717, 1.165) is 39.0 Å². The van der Waals surface area contributed by atoms with Crippen LogP contribution in [0.25, 0.3) is 10.9 Å². The predicted octanol–water partition coefficient (Wildman–Crippen LogP) is 4.07. The fraction of sp³-hybridized carbons (Fsp3) is 0.273. The maximum Gasteiger partial charge on any atom is 0.251 e. The van der Waals surface area contributed by atoms with Crippen LogP contribution in [0.4, 0.5) is 5.69 Å². The van der Waals surface area contributed by atoms with Crippen molar-refractivity contribution < 1.29 is 4.74 Å². The minimum Gasteiger partial charge on any atom is -0.494 e. The van der Waals surface area contributed by atoms with E-state index in [2.05, 4.69) is 28.6 Å². The van der Waals surface area contributed by atoms with E-state index in [1.165, 1.54) is 0 Å². The zero-order valence-corrected chi connectivity index (χ0v) is 17.2. The molecule has 28 heavy (non-hydrogen) atoms. The van der Waals surface area contributed by atoms with Gasteiger partial charge in [-0.3, -0.25) is 4.79 Å². The molecule has 3 rings (SSSR count). The van der Waals surface area contributed by atoms with Crippen LogP contribution in [-0.4, -0.2) is 23.2 Å². The second-order valence-corrected chi connectivity index (χ2v) is 7.11. The Morgan fingerprint density at radius 2 is 1.82 bits per heavy atom. The number of hydrogen-bond acceptors (Lipinski definition) is 3. The molecule has 0 bridgehead atoms. The normalized spacial score (nSPS) is 10.7. The van der Waals surface area contributed by atoms with E-state index in [9.17, 15) is 4.79 Å². The smallest absolute Gasteiger partial charge is 0.251 e. The quantitative estimate of drug-likeness (QED) is 0.549. The summed E-state index contributed by atoms with van der Waals surface area (Å²) in [6.45, 7) is 7.22. The Labute approximate surface area is 170 Å². The Bertz CT molecular complexity index is 1040. The number of anilines is 1. The summed E-state index contributed by atoms with van der Waals surface area (Å²) in [5, 5.41) is 7.90. The third kappa shape index (κ3) is 4.70. The van der Waals surface area contributed by atoms with E-state index in [-0.39, 0.29) is 5.56 Å². The molecule has 0 atom stereocenters. The minimum atomic E-state index is -0.0478. The topological polar surface area (TPSA) is 66.2 Å². The maximum absolute atomic E-state index is 12.4. The van der Waals surface area contributed by atoms with E-state index < -0.39 is 0 Å². The van der Waals surface area contributed by atoms with E-state index in [4.69, 9.17) is 17.0 Å². The van der Waals surface area contributed by atoms with Gasteiger partial charge in [0.05, 0.1) is 12.1 Å². The van der Waals surface area contributed by atoms with Crippen LogP contribution >= 0.6 is 12.2 Å². The molecule has 0 saturated carbocycles. The monoisotopic (exact) mass is 395 g/mol. The lowest BCUT2D eigenvalue weighted by Gasteiger charge is -2.12. The van der Waals surface area contributed by atoms with Gasteiger partial charge in [-0.15, -0.1) is 0 Å². The third-order valence-corrected chi connectivity index (χ3v) is 4.87. The number of nitrogens with one attached hydrogen (secondary N) is 3. The summed E-state index contributed by atoms with van der Waals surface area (Å²) in [5.41, 5.74) is 4.72. The Morgan fingerprint density at radius 1 is 1.11 bits per heavy atom. The molecule has 2 aromatic carbocycles. The summed E-state index contributed by atoms with van der Waals surface area (Å²) in [6.07, 6.45) is 0.587. The van der Waals surface area contributed by atoms with Gasteiger partial charge in [0.15, 0.2) is 5.11 Å². The summed E-state index contributed by atoms with van der Waals surface area (Å²) >= 11 is 5.34. The molecule has 0 aliphatic rings. The highest BCUT2D eigenvalue weighted by molar-refractivity contribution is 7.80. The summed E-state index contributed by atoms with van der Waals surface area (Å²) in [4.78, 5) is 15.4. The highest BCUT2D eigenvalue weighted by Gasteiger charge is 2.07. The number of H-pyrrole nitrogens is 1. The van der Waals surface area contributed by atoms with Crippen LogP contribution in [0.5, 0.6) is 5.75 Å². The summed E-state index contributed by atoms with van der Waals surface area (Å²) < 4.78 is 5.43. The van der Waals surface area contributed by atoms with Gasteiger partial charge in [0, 0.05) is 23.2 Å². The first-order valence-corrected chi connectivity index (χ1v) is 9.78. The first-order chi connectivity index (χ1) is 13.5. The van der Waals surface area contributed by atoms with Gasteiger partial charge in [-0.25, -0.2) is 0 Å². The summed E-state index contributed by atoms with van der Waals surface area (Å²) in [6, 6.07) is 13.7. The molecular weight excluding hydrogens is 370 g/mol. The molecule has 0 unspecified atom stereocenters. The van der Waals surface area contributed by atoms with Gasteiger partial charge < -0.3 is 20.4 Å². The summed E-state index contributed by atoms with van der Waals surface area (Å²) in [7, 11) is 0. The van der Waals surface area contributed by atoms with Crippen LogP contribution in [0.1, 0.15) is 23.6 Å². The van der Waals surface area contributed by atoms with Gasteiger partial charge in [-0.05, 0) is 80.9 Å². The highest BCUT2D eigenvalue weighted by Crippen LogP contribution is 2.19. The lowest BCUT2D eigenvalue weighted by atomic mass is 10.0. The van der Waals surface area contributed by atoms with Gasteiger partial charge in [0.1, 0.15) is 5.75 Å². The number of hydrogen-bond donors (Lipinski definition) is 3. The second-order valence-electron chi connectivity index (χ2n) is 6.70. The zero-order valence-electron chi connectivity index (χ0n) is 16.4. The van der Waals surface area contributed by atoms with Crippen molar-refractivity contribution in [1.29, 1.82) is 0 Å². The van der Waals surface area contributed by atoms with Crippen molar-refractivity contribution in [3.05, 3.63) is 69.5 Å². The van der Waals surface area contributed by atoms with Crippen LogP contribution in [0.2, 0.25) is 0 Å². The number of benzene rings is 2. The lowest BCUT2D eigenvalue weighted by Crippen LogP contribution is -2.31. The van der Waals surface area contributed by atoms with Crippen LogP contribution in [-0.2, 0) is 6.42 Å². The van der Waals surface area contributed by atoms with E-state index in [1.807, 2.05) is 50.2 Å². The van der Waals surface area contributed by atoms with Crippen LogP contribution in [0.15, 0.2) is 47.3 Å². The SMILES string of the molecule is CCOc1ccc(NC(=S)NCCc2cc3c(C)ccc(C)c3[nH]c2=O)cc1. The fourth-order valence-corrected chi connectivity index (χ4v) is 3.31. The van der Waals surface area contributed by atoms with Crippen molar-refractivity contribution in [3.63, 3.8) is 0 Å². The van der Waals surface area contributed by atoms with Crippen molar-refractivity contribution in [2.45, 2.75) is 27.2 Å². The van der Waals surface area contributed by atoms with Gasteiger partial charge in [0.25, 0.3) is 5.56 Å². The van der Waals surface area contributed by atoms with Gasteiger partial charge in [0.2, 0.25) is 0 Å². The molecule has 0 aliphatic heterocycles. The van der Waals surface area contributed by atoms with Crippen molar-refractivity contribution in [1.82, 2.24) is 10.3 Å². The molecule has 146 valence electrons. The van der Waals surface area contributed by atoms with Gasteiger partial charge >= 0.3 is 0 Å². The fourth-order valence-electron chi connectivity index (χ4n) is 3.09. The number of aromatic nitrogens is 1. The van der Waals surface area contributed by atoms with E-state index in [0.29, 0.717) is 24.7 Å². The molecule has 5 nitrogen and oxygen atoms in total. The average molecular weight is 396 g/mol. The van der Waals surface area contributed by atoms with Crippen LogP contribution in [0, 0.1) is 13.8 Å². The number of aryl methyl sites for hydroxylation is 2. The van der Waals surface area contributed by atoms with Crippen molar-refractivity contribution >= 4 is 33.9 Å². The average Bonchev–Trinajstić information content (AvgIpc) is 2.67. The predicted molar refractivity (Wildman–Crippen MR) is 120 cm³/mol. The van der Waals surface area contributed by atoms with E-state index >= 15 is 0 Å². The molecule has 3 aromatic rings. The number of rotatable bonds is 6. The number of pyridine rings is 1. The molecule has 0 aliphatic carbocycles. The highest BCUT2D eigenvalue weighted by atomic mass is 32.1. The third-order valence-electron chi connectivity index (χ3n) is 4.62. The lowest BCUT2D eigenvalue weighted by molar-refractivity contribution is 0.340. The molecule has 0 amide bonds. The first kappa shape index (κ1) is 19.9. The molecule has 1 heterocycles. The number of aromatic amines is 1. The van der Waals surface area contributed by atoms with Crippen molar-refractivity contribution in [3.8, 4) is 5.75 Å². The molecule has 6 heteroatoms. The van der Waals surface area contributed by atoms with Crippen molar-refractivity contribution in [2.24, 2.45) is 0 Å². The molecular formula is C22H25N3O2S. The number of ether oxygens (including phenoxy) is 1.